The van der Waals surface area contributed by atoms with Crippen LogP contribution in [-0.2, 0) is 9.59 Å². The molecule has 0 spiro atoms. The number of likely N-dealkylation sites (tertiary alicyclic amines) is 1. The number of benzene rings is 1. The molecule has 4 atom stereocenters. The van der Waals surface area contributed by atoms with Gasteiger partial charge in [-0.05, 0) is 50.0 Å². The lowest BCUT2D eigenvalue weighted by atomic mass is 9.85. The molecule has 2 aliphatic heterocycles. The van der Waals surface area contributed by atoms with Gasteiger partial charge in [-0.3, -0.25) is 9.59 Å². The van der Waals surface area contributed by atoms with Gasteiger partial charge < -0.3 is 15.5 Å². The first-order chi connectivity index (χ1) is 14.2. The van der Waals surface area contributed by atoms with E-state index < -0.39 is 0 Å². The summed E-state index contributed by atoms with van der Waals surface area (Å²) in [5, 5.41) is 6.84. The normalized spacial score (nSPS) is 28.6. The Labute approximate surface area is 174 Å². The van der Waals surface area contributed by atoms with Gasteiger partial charge in [-0.25, -0.2) is 0 Å². The molecule has 1 saturated carbocycles. The van der Waals surface area contributed by atoms with Gasteiger partial charge in [0, 0.05) is 25.2 Å². The van der Waals surface area contributed by atoms with Crippen LogP contribution in [-0.4, -0.2) is 47.9 Å². The second-order valence-corrected chi connectivity index (χ2v) is 9.09. The molecule has 5 nitrogen and oxygen atoms in total. The maximum atomic E-state index is 13.0. The predicted molar refractivity (Wildman–Crippen MR) is 115 cm³/mol. The predicted octanol–water partition coefficient (Wildman–Crippen LogP) is 3.21. The first-order valence-electron chi connectivity index (χ1n) is 11.6. The molecule has 29 heavy (non-hydrogen) atoms. The van der Waals surface area contributed by atoms with Gasteiger partial charge in [0.25, 0.3) is 0 Å². The molecule has 2 N–H and O–H groups in total. The van der Waals surface area contributed by atoms with Crippen molar-refractivity contribution >= 4 is 11.8 Å². The Hall–Kier alpha value is -1.88. The summed E-state index contributed by atoms with van der Waals surface area (Å²) in [5.41, 5.74) is 1.10. The third-order valence-electron chi connectivity index (χ3n) is 7.24. The van der Waals surface area contributed by atoms with E-state index in [1.54, 1.807) is 0 Å². The highest BCUT2D eigenvalue weighted by Crippen LogP contribution is 2.33. The van der Waals surface area contributed by atoms with Crippen LogP contribution in [0.2, 0.25) is 0 Å². The van der Waals surface area contributed by atoms with Crippen LogP contribution < -0.4 is 10.6 Å². The van der Waals surface area contributed by atoms with Crippen LogP contribution in [0.5, 0.6) is 0 Å². The van der Waals surface area contributed by atoms with Crippen molar-refractivity contribution in [3.8, 4) is 0 Å². The minimum atomic E-state index is -0.0617. The molecule has 2 saturated heterocycles. The van der Waals surface area contributed by atoms with Gasteiger partial charge in [0.2, 0.25) is 11.8 Å². The van der Waals surface area contributed by atoms with Crippen molar-refractivity contribution in [2.75, 3.05) is 13.1 Å². The van der Waals surface area contributed by atoms with Crippen LogP contribution >= 0.6 is 0 Å². The minimum Gasteiger partial charge on any atom is -0.352 e. The summed E-state index contributed by atoms with van der Waals surface area (Å²) in [6.45, 7) is 3.54. The van der Waals surface area contributed by atoms with Gasteiger partial charge in [-0.2, -0.15) is 0 Å². The van der Waals surface area contributed by atoms with E-state index in [0.717, 1.165) is 44.3 Å². The standard InChI is InChI=1S/C24H35N3O2/c1-2-20(17-8-4-3-5-9-17)24(29)27-14-12-19(13-15-27)25-23(28)22-16-18-10-6-7-11-21(18)26-22/h3-5,8-9,18-22,26H,2,6-7,10-16H2,1H3,(H,25,28). The van der Waals surface area contributed by atoms with Gasteiger partial charge in [-0.1, -0.05) is 50.1 Å². The maximum absolute atomic E-state index is 13.0. The molecule has 0 bridgehead atoms. The molecule has 1 aromatic rings. The Morgan fingerprint density at radius 3 is 2.52 bits per heavy atom. The molecule has 158 valence electrons. The van der Waals surface area contributed by atoms with Crippen molar-refractivity contribution < 1.29 is 9.59 Å². The number of nitrogens with one attached hydrogen (secondary N) is 2. The van der Waals surface area contributed by atoms with Gasteiger partial charge in [0.15, 0.2) is 0 Å². The van der Waals surface area contributed by atoms with Crippen molar-refractivity contribution in [3.63, 3.8) is 0 Å². The Bertz CT molecular complexity index is 685. The summed E-state index contributed by atoms with van der Waals surface area (Å²) in [7, 11) is 0. The van der Waals surface area contributed by atoms with Crippen LogP contribution in [0, 0.1) is 5.92 Å². The van der Waals surface area contributed by atoms with E-state index in [9.17, 15) is 9.59 Å². The zero-order valence-electron chi connectivity index (χ0n) is 17.6. The molecule has 5 heteroatoms. The van der Waals surface area contributed by atoms with E-state index in [-0.39, 0.29) is 29.8 Å². The molecule has 0 aromatic heterocycles. The highest BCUT2D eigenvalue weighted by molar-refractivity contribution is 5.84. The number of piperidine rings is 1. The lowest BCUT2D eigenvalue weighted by molar-refractivity contribution is -0.134. The highest BCUT2D eigenvalue weighted by Gasteiger charge is 2.39. The van der Waals surface area contributed by atoms with Crippen LogP contribution in [0.4, 0.5) is 0 Å². The van der Waals surface area contributed by atoms with Crippen LogP contribution in [0.3, 0.4) is 0 Å². The van der Waals surface area contributed by atoms with Gasteiger partial charge >= 0.3 is 0 Å². The number of nitrogens with zero attached hydrogens (tertiary/aromatic N) is 1. The molecule has 1 aliphatic carbocycles. The van der Waals surface area contributed by atoms with Crippen molar-refractivity contribution in [1.82, 2.24) is 15.5 Å². The number of carbonyl (C=O) groups is 2. The minimum absolute atomic E-state index is 0.0229. The smallest absolute Gasteiger partial charge is 0.237 e. The molecule has 0 radical (unpaired) electrons. The second kappa shape index (κ2) is 9.29. The van der Waals surface area contributed by atoms with E-state index in [2.05, 4.69) is 17.6 Å². The van der Waals surface area contributed by atoms with E-state index >= 15 is 0 Å². The summed E-state index contributed by atoms with van der Waals surface area (Å²) in [6, 6.07) is 10.8. The average molecular weight is 398 g/mol. The molecule has 2 heterocycles. The molecule has 2 amide bonds. The molecule has 3 fully saturated rings. The number of carbonyl (C=O) groups excluding carboxylic acids is 2. The van der Waals surface area contributed by atoms with Crippen molar-refractivity contribution in [3.05, 3.63) is 35.9 Å². The van der Waals surface area contributed by atoms with E-state index in [1.165, 1.54) is 25.7 Å². The third-order valence-corrected chi connectivity index (χ3v) is 7.24. The Morgan fingerprint density at radius 2 is 1.83 bits per heavy atom. The molecule has 4 rings (SSSR count). The van der Waals surface area contributed by atoms with Gasteiger partial charge in [0.1, 0.15) is 0 Å². The topological polar surface area (TPSA) is 61.4 Å². The zero-order chi connectivity index (χ0) is 20.2. The summed E-state index contributed by atoms with van der Waals surface area (Å²) in [4.78, 5) is 27.8. The maximum Gasteiger partial charge on any atom is 0.237 e. The lowest BCUT2D eigenvalue weighted by Gasteiger charge is -2.35. The monoisotopic (exact) mass is 397 g/mol. The van der Waals surface area contributed by atoms with Crippen molar-refractivity contribution in [1.29, 1.82) is 0 Å². The molecular formula is C24H35N3O2. The average Bonchev–Trinajstić information content (AvgIpc) is 3.20. The molecule has 4 unspecified atom stereocenters. The van der Waals surface area contributed by atoms with Gasteiger partial charge in [0.05, 0.1) is 12.0 Å². The lowest BCUT2D eigenvalue weighted by Crippen LogP contribution is -2.51. The fourth-order valence-electron chi connectivity index (χ4n) is 5.53. The van der Waals surface area contributed by atoms with Gasteiger partial charge in [-0.15, -0.1) is 0 Å². The first kappa shape index (κ1) is 20.4. The fraction of sp³-hybridized carbons (Fsp3) is 0.667. The van der Waals surface area contributed by atoms with E-state index in [4.69, 9.17) is 0 Å². The summed E-state index contributed by atoms with van der Waals surface area (Å²) < 4.78 is 0. The Morgan fingerprint density at radius 1 is 1.10 bits per heavy atom. The zero-order valence-corrected chi connectivity index (χ0v) is 17.6. The summed E-state index contributed by atoms with van der Waals surface area (Å²) in [6.07, 6.45) is 8.59. The Balaban J connectivity index is 1.26. The number of fused-ring (bicyclic) bond motifs is 1. The van der Waals surface area contributed by atoms with E-state index in [0.29, 0.717) is 12.0 Å². The fourth-order valence-corrected chi connectivity index (χ4v) is 5.53. The number of hydrogen-bond donors (Lipinski definition) is 2. The number of amides is 2. The number of hydrogen-bond acceptors (Lipinski definition) is 3. The molecular weight excluding hydrogens is 362 g/mol. The van der Waals surface area contributed by atoms with Crippen LogP contribution in [0.25, 0.3) is 0 Å². The highest BCUT2D eigenvalue weighted by atomic mass is 16.2. The van der Waals surface area contributed by atoms with E-state index in [1.807, 2.05) is 35.2 Å². The van der Waals surface area contributed by atoms with Crippen molar-refractivity contribution in [2.24, 2.45) is 5.92 Å². The van der Waals surface area contributed by atoms with Crippen molar-refractivity contribution in [2.45, 2.75) is 82.3 Å². The quantitative estimate of drug-likeness (QED) is 0.802. The molecule has 3 aliphatic rings. The Kier molecular flexibility index (Phi) is 6.53. The SMILES string of the molecule is CCC(C(=O)N1CCC(NC(=O)C2CC3CCCCC3N2)CC1)c1ccccc1. The summed E-state index contributed by atoms with van der Waals surface area (Å²) >= 11 is 0. The first-order valence-corrected chi connectivity index (χ1v) is 11.6. The third kappa shape index (κ3) is 4.66. The van der Waals surface area contributed by atoms with Crippen LogP contribution in [0.1, 0.15) is 69.8 Å². The second-order valence-electron chi connectivity index (χ2n) is 9.09. The largest absolute Gasteiger partial charge is 0.352 e. The summed E-state index contributed by atoms with van der Waals surface area (Å²) in [5.74, 6) is 1.02. The number of rotatable bonds is 5. The van der Waals surface area contributed by atoms with Crippen LogP contribution in [0.15, 0.2) is 30.3 Å². The molecule has 1 aromatic carbocycles.